The molecule has 2 rings (SSSR count). The van der Waals surface area contributed by atoms with Crippen molar-refractivity contribution >= 4 is 21.6 Å². The van der Waals surface area contributed by atoms with E-state index in [4.69, 9.17) is 11.6 Å². The van der Waals surface area contributed by atoms with Crippen molar-refractivity contribution in [3.05, 3.63) is 35.9 Å². The molecule has 1 aromatic rings. The van der Waals surface area contributed by atoms with E-state index >= 15 is 0 Å². The molecule has 1 aliphatic rings. The minimum Gasteiger partial charge on any atom is -0.214 e. The SMILES string of the molecule is O=S(=O)(Cc1ccccc1)NCC1(CCl)CCCC1. The third-order valence-corrected chi connectivity index (χ3v) is 5.68. The molecule has 1 saturated carbocycles. The summed E-state index contributed by atoms with van der Waals surface area (Å²) >= 11 is 6.02. The van der Waals surface area contributed by atoms with Crippen LogP contribution in [0.1, 0.15) is 31.2 Å². The predicted molar refractivity (Wildman–Crippen MR) is 78.7 cm³/mol. The normalized spacial score (nSPS) is 18.6. The molecule has 0 saturated heterocycles. The van der Waals surface area contributed by atoms with Crippen LogP contribution in [0.4, 0.5) is 0 Å². The summed E-state index contributed by atoms with van der Waals surface area (Å²) < 4.78 is 26.9. The maximum atomic E-state index is 12.1. The number of sulfonamides is 1. The van der Waals surface area contributed by atoms with Gasteiger partial charge in [0, 0.05) is 12.4 Å². The molecule has 0 aliphatic heterocycles. The van der Waals surface area contributed by atoms with Gasteiger partial charge in [0.05, 0.1) is 5.75 Å². The Morgan fingerprint density at radius 1 is 1.16 bits per heavy atom. The smallest absolute Gasteiger partial charge is 0.214 e. The van der Waals surface area contributed by atoms with Crippen molar-refractivity contribution in [1.29, 1.82) is 0 Å². The Bertz CT molecular complexity index is 495. The van der Waals surface area contributed by atoms with Gasteiger partial charge in [0.2, 0.25) is 10.0 Å². The lowest BCUT2D eigenvalue weighted by Crippen LogP contribution is -2.37. The lowest BCUT2D eigenvalue weighted by molar-refractivity contribution is 0.342. The zero-order chi connectivity index (χ0) is 13.8. The number of benzene rings is 1. The second kappa shape index (κ2) is 6.25. The van der Waals surface area contributed by atoms with E-state index < -0.39 is 10.0 Å². The molecule has 0 unspecified atom stereocenters. The average molecular weight is 302 g/mol. The maximum Gasteiger partial charge on any atom is 0.215 e. The molecule has 0 atom stereocenters. The molecule has 0 spiro atoms. The first-order valence-corrected chi connectivity index (χ1v) is 8.81. The van der Waals surface area contributed by atoms with Crippen molar-refractivity contribution < 1.29 is 8.42 Å². The maximum absolute atomic E-state index is 12.1. The standard InChI is InChI=1S/C14H20ClNO2S/c15-11-14(8-4-5-9-14)12-16-19(17,18)10-13-6-2-1-3-7-13/h1-3,6-7,16H,4-5,8-12H2. The van der Waals surface area contributed by atoms with Crippen molar-refractivity contribution in [2.24, 2.45) is 5.41 Å². The Kier molecular flexibility index (Phi) is 4.87. The molecule has 1 fully saturated rings. The summed E-state index contributed by atoms with van der Waals surface area (Å²) in [6.07, 6.45) is 4.33. The molecule has 0 radical (unpaired) electrons. The molecule has 0 heterocycles. The van der Waals surface area contributed by atoms with Crippen LogP contribution in [0.2, 0.25) is 0 Å². The zero-order valence-corrected chi connectivity index (χ0v) is 12.5. The summed E-state index contributed by atoms with van der Waals surface area (Å²) in [5, 5.41) is 0. The molecule has 19 heavy (non-hydrogen) atoms. The fourth-order valence-electron chi connectivity index (χ4n) is 2.59. The molecule has 5 heteroatoms. The summed E-state index contributed by atoms with van der Waals surface area (Å²) in [7, 11) is -3.28. The zero-order valence-electron chi connectivity index (χ0n) is 10.9. The topological polar surface area (TPSA) is 46.2 Å². The first-order valence-electron chi connectivity index (χ1n) is 6.63. The van der Waals surface area contributed by atoms with E-state index in [1.54, 1.807) is 0 Å². The number of nitrogens with one attached hydrogen (secondary N) is 1. The van der Waals surface area contributed by atoms with E-state index in [1.807, 2.05) is 30.3 Å². The Morgan fingerprint density at radius 2 is 1.79 bits per heavy atom. The molecule has 1 N–H and O–H groups in total. The van der Waals surface area contributed by atoms with E-state index in [9.17, 15) is 8.42 Å². The van der Waals surface area contributed by atoms with Crippen LogP contribution >= 0.6 is 11.6 Å². The van der Waals surface area contributed by atoms with Crippen LogP contribution in [0.5, 0.6) is 0 Å². The van der Waals surface area contributed by atoms with Crippen molar-refractivity contribution in [3.8, 4) is 0 Å². The van der Waals surface area contributed by atoms with Crippen LogP contribution in [0.25, 0.3) is 0 Å². The highest BCUT2D eigenvalue weighted by atomic mass is 35.5. The largest absolute Gasteiger partial charge is 0.215 e. The van der Waals surface area contributed by atoms with Crippen molar-refractivity contribution in [2.75, 3.05) is 12.4 Å². The minimum absolute atomic E-state index is 0.0339. The van der Waals surface area contributed by atoms with Crippen LogP contribution < -0.4 is 4.72 Å². The van der Waals surface area contributed by atoms with Gasteiger partial charge in [-0.3, -0.25) is 0 Å². The number of alkyl halides is 1. The van der Waals surface area contributed by atoms with E-state index in [0.29, 0.717) is 12.4 Å². The van der Waals surface area contributed by atoms with E-state index in [1.165, 1.54) is 0 Å². The van der Waals surface area contributed by atoms with Gasteiger partial charge in [-0.15, -0.1) is 11.6 Å². The molecule has 0 bridgehead atoms. The van der Waals surface area contributed by atoms with Gasteiger partial charge in [-0.25, -0.2) is 13.1 Å². The molecule has 1 aromatic carbocycles. The van der Waals surface area contributed by atoms with Gasteiger partial charge in [0.1, 0.15) is 0 Å². The summed E-state index contributed by atoms with van der Waals surface area (Å²) in [5.74, 6) is 0.563. The highest BCUT2D eigenvalue weighted by Crippen LogP contribution is 2.38. The number of hydrogen-bond acceptors (Lipinski definition) is 2. The van der Waals surface area contributed by atoms with Crippen molar-refractivity contribution in [1.82, 2.24) is 4.72 Å². The van der Waals surface area contributed by atoms with Gasteiger partial charge < -0.3 is 0 Å². The molecule has 3 nitrogen and oxygen atoms in total. The second-order valence-electron chi connectivity index (χ2n) is 5.41. The first-order chi connectivity index (χ1) is 9.05. The molecule has 106 valence electrons. The van der Waals surface area contributed by atoms with Gasteiger partial charge >= 0.3 is 0 Å². The van der Waals surface area contributed by atoms with Crippen LogP contribution in [0, 0.1) is 5.41 Å². The minimum atomic E-state index is -3.28. The van der Waals surface area contributed by atoms with Crippen LogP contribution in [0.15, 0.2) is 30.3 Å². The van der Waals surface area contributed by atoms with Gasteiger partial charge in [0.25, 0.3) is 0 Å². The van der Waals surface area contributed by atoms with E-state index in [-0.39, 0.29) is 11.2 Å². The molecular weight excluding hydrogens is 282 g/mol. The third kappa shape index (κ3) is 4.20. The number of hydrogen-bond donors (Lipinski definition) is 1. The molecule has 0 amide bonds. The average Bonchev–Trinajstić information content (AvgIpc) is 2.87. The molecule has 1 aliphatic carbocycles. The van der Waals surface area contributed by atoms with Crippen molar-refractivity contribution in [3.63, 3.8) is 0 Å². The Balaban J connectivity index is 1.94. The van der Waals surface area contributed by atoms with Gasteiger partial charge in [0.15, 0.2) is 0 Å². The quantitative estimate of drug-likeness (QED) is 0.821. The Hall–Kier alpha value is -0.580. The van der Waals surface area contributed by atoms with Crippen LogP contribution in [-0.4, -0.2) is 20.8 Å². The summed E-state index contributed by atoms with van der Waals surface area (Å²) in [6.45, 7) is 0.464. The van der Waals surface area contributed by atoms with Crippen LogP contribution in [-0.2, 0) is 15.8 Å². The lowest BCUT2D eigenvalue weighted by atomic mass is 9.89. The lowest BCUT2D eigenvalue weighted by Gasteiger charge is -2.26. The monoisotopic (exact) mass is 301 g/mol. The Labute approximate surface area is 120 Å². The highest BCUT2D eigenvalue weighted by Gasteiger charge is 2.33. The fraction of sp³-hybridized carbons (Fsp3) is 0.571. The summed E-state index contributed by atoms with van der Waals surface area (Å²) in [6, 6.07) is 9.23. The van der Waals surface area contributed by atoms with Crippen LogP contribution in [0.3, 0.4) is 0 Å². The first kappa shape index (κ1) is 14.8. The van der Waals surface area contributed by atoms with Crippen molar-refractivity contribution in [2.45, 2.75) is 31.4 Å². The molecular formula is C14H20ClNO2S. The summed E-state index contributed by atoms with van der Waals surface area (Å²) in [4.78, 5) is 0. The van der Waals surface area contributed by atoms with Gasteiger partial charge in [-0.1, -0.05) is 43.2 Å². The van der Waals surface area contributed by atoms with Gasteiger partial charge in [-0.2, -0.15) is 0 Å². The predicted octanol–water partition coefficient (Wildman–Crippen LogP) is 2.91. The fourth-order valence-corrected chi connectivity index (χ4v) is 4.21. The number of halogens is 1. The second-order valence-corrected chi connectivity index (χ2v) is 7.48. The third-order valence-electron chi connectivity index (χ3n) is 3.81. The highest BCUT2D eigenvalue weighted by molar-refractivity contribution is 7.88. The Morgan fingerprint density at radius 3 is 2.37 bits per heavy atom. The van der Waals surface area contributed by atoms with E-state index in [2.05, 4.69) is 4.72 Å². The summed E-state index contributed by atoms with van der Waals surface area (Å²) in [5.41, 5.74) is 0.770. The van der Waals surface area contributed by atoms with E-state index in [0.717, 1.165) is 31.2 Å². The number of rotatable bonds is 6. The van der Waals surface area contributed by atoms with Gasteiger partial charge in [-0.05, 0) is 23.8 Å². The molecule has 0 aromatic heterocycles.